The van der Waals surface area contributed by atoms with Gasteiger partial charge in [0.05, 0.1) is 0 Å². The van der Waals surface area contributed by atoms with Gasteiger partial charge in [0.2, 0.25) is 5.91 Å². The van der Waals surface area contributed by atoms with Crippen LogP contribution >= 0.6 is 0 Å². The van der Waals surface area contributed by atoms with Crippen LogP contribution in [0.3, 0.4) is 0 Å². The first-order valence-corrected chi connectivity index (χ1v) is 9.08. The van der Waals surface area contributed by atoms with Crippen LogP contribution in [0.4, 0.5) is 5.69 Å². The van der Waals surface area contributed by atoms with Crippen molar-refractivity contribution in [3.05, 3.63) is 29.8 Å². The van der Waals surface area contributed by atoms with Crippen molar-refractivity contribution in [2.24, 2.45) is 0 Å². The molecule has 5 heteroatoms. The summed E-state index contributed by atoms with van der Waals surface area (Å²) in [6, 6.07) is 7.72. The third-order valence-corrected chi connectivity index (χ3v) is 5.09. The Morgan fingerprint density at radius 1 is 1.08 bits per heavy atom. The number of hydrogen-bond donors (Lipinski definition) is 1. The number of anilines is 1. The Morgan fingerprint density at radius 3 is 2.42 bits per heavy atom. The highest BCUT2D eigenvalue weighted by molar-refractivity contribution is 5.97. The van der Waals surface area contributed by atoms with Gasteiger partial charge in [-0.1, -0.05) is 6.42 Å². The largest absolute Gasteiger partial charge is 0.350 e. The van der Waals surface area contributed by atoms with E-state index in [1.165, 1.54) is 19.3 Å². The van der Waals surface area contributed by atoms with Crippen LogP contribution < -0.4 is 10.2 Å². The zero-order valence-electron chi connectivity index (χ0n) is 14.5. The Labute approximate surface area is 144 Å². The third kappa shape index (κ3) is 3.96. The van der Waals surface area contributed by atoms with Crippen LogP contribution in [0, 0.1) is 0 Å². The monoisotopic (exact) mass is 329 g/mol. The molecule has 1 atom stereocenters. The van der Waals surface area contributed by atoms with Crippen molar-refractivity contribution >= 4 is 17.5 Å². The summed E-state index contributed by atoms with van der Waals surface area (Å²) in [5.41, 5.74) is 1.53. The lowest BCUT2D eigenvalue weighted by Crippen LogP contribution is -2.44. The van der Waals surface area contributed by atoms with Gasteiger partial charge in [0.1, 0.15) is 0 Å². The smallest absolute Gasteiger partial charge is 0.251 e. The lowest BCUT2D eigenvalue weighted by Gasteiger charge is -2.32. The predicted molar refractivity (Wildman–Crippen MR) is 95.2 cm³/mol. The van der Waals surface area contributed by atoms with Gasteiger partial charge < -0.3 is 10.2 Å². The molecule has 2 aliphatic rings. The van der Waals surface area contributed by atoms with Gasteiger partial charge in [-0.25, -0.2) is 0 Å². The second-order valence-corrected chi connectivity index (χ2v) is 6.85. The number of rotatable bonds is 5. The molecule has 2 saturated heterocycles. The van der Waals surface area contributed by atoms with Gasteiger partial charge in [0.15, 0.2) is 0 Å². The normalized spacial score (nSPS) is 20.2. The van der Waals surface area contributed by atoms with E-state index in [1.54, 1.807) is 4.90 Å². The van der Waals surface area contributed by atoms with E-state index < -0.39 is 0 Å². The standard InChI is InChI=1S/C19H27N3O2/c1-15(21-11-3-2-4-12-21)14-20-19(24)16-7-9-17(10-8-16)22-13-5-6-18(22)23/h7-10,15H,2-6,11-14H2,1H3,(H,20,24). The second-order valence-electron chi connectivity index (χ2n) is 6.85. The first kappa shape index (κ1) is 17.0. The minimum absolute atomic E-state index is 0.0434. The average Bonchev–Trinajstić information content (AvgIpc) is 3.06. The van der Waals surface area contributed by atoms with Crippen molar-refractivity contribution in [3.8, 4) is 0 Å². The molecule has 0 radical (unpaired) electrons. The number of carbonyl (C=O) groups is 2. The molecular weight excluding hydrogens is 302 g/mol. The molecular formula is C19H27N3O2. The molecule has 0 spiro atoms. The van der Waals surface area contributed by atoms with Crippen molar-refractivity contribution in [3.63, 3.8) is 0 Å². The molecule has 2 amide bonds. The fourth-order valence-corrected chi connectivity index (χ4v) is 3.54. The molecule has 1 aromatic rings. The molecule has 0 aromatic heterocycles. The number of benzene rings is 1. The maximum absolute atomic E-state index is 12.3. The van der Waals surface area contributed by atoms with Gasteiger partial charge in [0, 0.05) is 36.8 Å². The minimum Gasteiger partial charge on any atom is -0.350 e. The molecule has 2 fully saturated rings. The summed E-state index contributed by atoms with van der Waals surface area (Å²) in [5, 5.41) is 3.03. The van der Waals surface area contributed by atoms with Gasteiger partial charge in [-0.05, 0) is 63.5 Å². The summed E-state index contributed by atoms with van der Waals surface area (Å²) in [6.45, 7) is 5.89. The zero-order valence-corrected chi connectivity index (χ0v) is 14.5. The van der Waals surface area contributed by atoms with E-state index in [9.17, 15) is 9.59 Å². The van der Waals surface area contributed by atoms with Crippen LogP contribution in [0.5, 0.6) is 0 Å². The number of hydrogen-bond acceptors (Lipinski definition) is 3. The maximum Gasteiger partial charge on any atom is 0.251 e. The van der Waals surface area contributed by atoms with E-state index in [0.29, 0.717) is 24.6 Å². The van der Waals surface area contributed by atoms with E-state index in [-0.39, 0.29) is 11.8 Å². The van der Waals surface area contributed by atoms with E-state index >= 15 is 0 Å². The van der Waals surface area contributed by atoms with Crippen molar-refractivity contribution in [2.75, 3.05) is 31.1 Å². The summed E-state index contributed by atoms with van der Waals surface area (Å²) in [4.78, 5) is 28.3. The van der Waals surface area contributed by atoms with E-state index in [4.69, 9.17) is 0 Å². The first-order valence-electron chi connectivity index (χ1n) is 9.08. The van der Waals surface area contributed by atoms with Gasteiger partial charge in [0.25, 0.3) is 5.91 Å². The second kappa shape index (κ2) is 7.79. The fourth-order valence-electron chi connectivity index (χ4n) is 3.54. The molecule has 0 aliphatic carbocycles. The highest BCUT2D eigenvalue weighted by atomic mass is 16.2. The fraction of sp³-hybridized carbons (Fsp3) is 0.579. The molecule has 130 valence electrons. The highest BCUT2D eigenvalue weighted by Crippen LogP contribution is 2.21. The number of amides is 2. The Morgan fingerprint density at radius 2 is 1.79 bits per heavy atom. The highest BCUT2D eigenvalue weighted by Gasteiger charge is 2.22. The van der Waals surface area contributed by atoms with Crippen LogP contribution in [0.15, 0.2) is 24.3 Å². The molecule has 1 aromatic carbocycles. The van der Waals surface area contributed by atoms with Crippen LogP contribution in [-0.4, -0.2) is 48.9 Å². The predicted octanol–water partition coefficient (Wildman–Crippen LogP) is 2.42. The Balaban J connectivity index is 1.52. The summed E-state index contributed by atoms with van der Waals surface area (Å²) >= 11 is 0. The maximum atomic E-state index is 12.3. The molecule has 5 nitrogen and oxygen atoms in total. The van der Waals surface area contributed by atoms with Crippen LogP contribution in [0.2, 0.25) is 0 Å². The molecule has 2 aliphatic heterocycles. The van der Waals surface area contributed by atoms with Crippen molar-refractivity contribution < 1.29 is 9.59 Å². The molecule has 1 unspecified atom stereocenters. The van der Waals surface area contributed by atoms with Crippen molar-refractivity contribution in [2.45, 2.75) is 45.1 Å². The van der Waals surface area contributed by atoms with Crippen molar-refractivity contribution in [1.29, 1.82) is 0 Å². The summed E-state index contributed by atoms with van der Waals surface area (Å²) in [6.07, 6.45) is 5.37. The Bertz CT molecular complexity index is 579. The molecule has 3 rings (SSSR count). The van der Waals surface area contributed by atoms with E-state index in [0.717, 1.165) is 31.7 Å². The van der Waals surface area contributed by atoms with E-state index in [2.05, 4.69) is 17.1 Å². The Kier molecular flexibility index (Phi) is 5.51. The van der Waals surface area contributed by atoms with Crippen LogP contribution in [0.1, 0.15) is 49.4 Å². The summed E-state index contributed by atoms with van der Waals surface area (Å²) in [5.74, 6) is 0.126. The lowest BCUT2D eigenvalue weighted by atomic mass is 10.1. The third-order valence-electron chi connectivity index (χ3n) is 5.09. The number of nitrogens with one attached hydrogen (secondary N) is 1. The van der Waals surface area contributed by atoms with Crippen molar-refractivity contribution in [1.82, 2.24) is 10.2 Å². The van der Waals surface area contributed by atoms with Gasteiger partial charge in [-0.3, -0.25) is 14.5 Å². The van der Waals surface area contributed by atoms with Crippen LogP contribution in [0.25, 0.3) is 0 Å². The summed E-state index contributed by atoms with van der Waals surface area (Å²) < 4.78 is 0. The molecule has 1 N–H and O–H groups in total. The first-order chi connectivity index (χ1) is 11.6. The quantitative estimate of drug-likeness (QED) is 0.902. The van der Waals surface area contributed by atoms with Crippen LogP contribution in [-0.2, 0) is 4.79 Å². The number of carbonyl (C=O) groups excluding carboxylic acids is 2. The van der Waals surface area contributed by atoms with E-state index in [1.807, 2.05) is 24.3 Å². The Hall–Kier alpha value is -1.88. The number of piperidine rings is 1. The average molecular weight is 329 g/mol. The molecule has 0 bridgehead atoms. The molecule has 2 heterocycles. The van der Waals surface area contributed by atoms with Gasteiger partial charge >= 0.3 is 0 Å². The SMILES string of the molecule is CC(CNC(=O)c1ccc(N2CCCC2=O)cc1)N1CCCCC1. The lowest BCUT2D eigenvalue weighted by molar-refractivity contribution is -0.117. The van der Waals surface area contributed by atoms with Gasteiger partial charge in [-0.15, -0.1) is 0 Å². The number of likely N-dealkylation sites (tertiary alicyclic amines) is 1. The van der Waals surface area contributed by atoms with Gasteiger partial charge in [-0.2, -0.15) is 0 Å². The molecule has 24 heavy (non-hydrogen) atoms. The molecule has 0 saturated carbocycles. The minimum atomic E-state index is -0.0434. The topological polar surface area (TPSA) is 52.7 Å². The zero-order chi connectivity index (χ0) is 16.9. The summed E-state index contributed by atoms with van der Waals surface area (Å²) in [7, 11) is 0. The number of nitrogens with zero attached hydrogens (tertiary/aromatic N) is 2.